The van der Waals surface area contributed by atoms with Crippen LogP contribution in [0.5, 0.6) is 0 Å². The summed E-state index contributed by atoms with van der Waals surface area (Å²) in [6.07, 6.45) is 1.60. The van der Waals surface area contributed by atoms with E-state index < -0.39 is 15.5 Å². The van der Waals surface area contributed by atoms with Crippen molar-refractivity contribution in [3.05, 3.63) is 46.4 Å². The molecule has 118 valence electrons. The molecule has 8 heteroatoms. The summed E-state index contributed by atoms with van der Waals surface area (Å²) in [5, 5.41) is 5.71. The molecule has 0 amide bonds. The third-order valence-electron chi connectivity index (χ3n) is 3.61. The molecule has 1 fully saturated rings. The number of ether oxygens (including phenoxy) is 1. The molecule has 0 saturated carbocycles. The monoisotopic (exact) mass is 323 g/mol. The van der Waals surface area contributed by atoms with Crippen LogP contribution in [-0.4, -0.2) is 35.9 Å². The highest BCUT2D eigenvalue weighted by molar-refractivity contribution is 7.90. The maximum absolute atomic E-state index is 12.5. The Kier molecular flexibility index (Phi) is 4.12. The second kappa shape index (κ2) is 6.05. The van der Waals surface area contributed by atoms with E-state index in [1.165, 1.54) is 0 Å². The van der Waals surface area contributed by atoms with Gasteiger partial charge in [-0.3, -0.25) is 4.57 Å². The molecule has 0 spiro atoms. The van der Waals surface area contributed by atoms with Gasteiger partial charge in [0.05, 0.1) is 18.4 Å². The van der Waals surface area contributed by atoms with Crippen molar-refractivity contribution in [2.45, 2.75) is 36.4 Å². The van der Waals surface area contributed by atoms with E-state index in [0.29, 0.717) is 12.2 Å². The van der Waals surface area contributed by atoms with Crippen molar-refractivity contribution in [3.63, 3.8) is 0 Å². The zero-order valence-corrected chi connectivity index (χ0v) is 12.8. The number of benzene rings is 1. The molecule has 1 saturated heterocycles. The van der Waals surface area contributed by atoms with Crippen molar-refractivity contribution in [2.24, 2.45) is 0 Å². The quantitative estimate of drug-likeness (QED) is 0.875. The topological polar surface area (TPSA) is 94.0 Å². The van der Waals surface area contributed by atoms with E-state index in [4.69, 9.17) is 4.74 Å². The SMILES string of the molecule is O=c1[nH]nc(S(=O)(=O)Cc2ccccc2)n1C[C@H]1CCCO1. The van der Waals surface area contributed by atoms with Gasteiger partial charge in [0.25, 0.3) is 5.16 Å². The van der Waals surface area contributed by atoms with Gasteiger partial charge in [0.1, 0.15) is 0 Å². The predicted octanol–water partition coefficient (Wildman–Crippen LogP) is 0.724. The molecular formula is C14H17N3O4S. The lowest BCUT2D eigenvalue weighted by Gasteiger charge is -2.11. The zero-order chi connectivity index (χ0) is 15.6. The van der Waals surface area contributed by atoms with E-state index >= 15 is 0 Å². The zero-order valence-electron chi connectivity index (χ0n) is 11.9. The Balaban J connectivity index is 1.88. The van der Waals surface area contributed by atoms with Crippen molar-refractivity contribution in [3.8, 4) is 0 Å². The molecule has 1 N–H and O–H groups in total. The first kappa shape index (κ1) is 15.0. The molecule has 0 radical (unpaired) electrons. The minimum atomic E-state index is -3.70. The molecule has 1 aliphatic heterocycles. The standard InChI is InChI=1S/C14H17N3O4S/c18-13-15-16-14(17(13)9-12-7-4-8-21-12)22(19,20)10-11-5-2-1-3-6-11/h1-3,5-6,12H,4,7-10H2,(H,15,18)/t12-/m1/s1. The summed E-state index contributed by atoms with van der Waals surface area (Å²) in [6.45, 7) is 0.849. The van der Waals surface area contributed by atoms with Gasteiger partial charge < -0.3 is 4.74 Å². The minimum Gasteiger partial charge on any atom is -0.376 e. The highest BCUT2D eigenvalue weighted by atomic mass is 32.2. The van der Waals surface area contributed by atoms with Gasteiger partial charge in [-0.2, -0.15) is 0 Å². The number of hydrogen-bond acceptors (Lipinski definition) is 5. The normalized spacial score (nSPS) is 18.6. The summed E-state index contributed by atoms with van der Waals surface area (Å²) >= 11 is 0. The van der Waals surface area contributed by atoms with E-state index in [-0.39, 0.29) is 23.6 Å². The summed E-state index contributed by atoms with van der Waals surface area (Å²) in [5.41, 5.74) is 0.128. The lowest BCUT2D eigenvalue weighted by molar-refractivity contribution is 0.0940. The average Bonchev–Trinajstić information content (AvgIpc) is 3.11. The van der Waals surface area contributed by atoms with Crippen LogP contribution in [0.3, 0.4) is 0 Å². The molecular weight excluding hydrogens is 306 g/mol. The largest absolute Gasteiger partial charge is 0.376 e. The van der Waals surface area contributed by atoms with Crippen molar-refractivity contribution in [1.29, 1.82) is 0 Å². The molecule has 0 aliphatic carbocycles. The Morgan fingerprint density at radius 3 is 2.77 bits per heavy atom. The Morgan fingerprint density at radius 2 is 2.09 bits per heavy atom. The second-order valence-electron chi connectivity index (χ2n) is 5.30. The van der Waals surface area contributed by atoms with Crippen molar-refractivity contribution in [2.75, 3.05) is 6.61 Å². The fourth-order valence-electron chi connectivity index (χ4n) is 2.55. The number of aromatic nitrogens is 3. The molecule has 7 nitrogen and oxygen atoms in total. The van der Waals surface area contributed by atoms with Gasteiger partial charge in [0.15, 0.2) is 0 Å². The van der Waals surface area contributed by atoms with Gasteiger partial charge in [0.2, 0.25) is 9.84 Å². The predicted molar refractivity (Wildman–Crippen MR) is 79.2 cm³/mol. The number of nitrogens with zero attached hydrogens (tertiary/aromatic N) is 2. The van der Waals surface area contributed by atoms with E-state index in [1.54, 1.807) is 24.3 Å². The van der Waals surface area contributed by atoms with E-state index in [1.807, 2.05) is 6.07 Å². The number of nitrogens with one attached hydrogen (secondary N) is 1. The molecule has 22 heavy (non-hydrogen) atoms. The van der Waals surface area contributed by atoms with Crippen LogP contribution in [0.15, 0.2) is 40.3 Å². The summed E-state index contributed by atoms with van der Waals surface area (Å²) in [5.74, 6) is -0.191. The highest BCUT2D eigenvalue weighted by Gasteiger charge is 2.26. The summed E-state index contributed by atoms with van der Waals surface area (Å²) in [7, 11) is -3.70. The molecule has 1 aromatic heterocycles. The van der Waals surface area contributed by atoms with Crippen LogP contribution < -0.4 is 5.69 Å². The molecule has 0 bridgehead atoms. The first-order valence-electron chi connectivity index (χ1n) is 7.10. The van der Waals surface area contributed by atoms with Crippen LogP contribution in [0.1, 0.15) is 18.4 Å². The smallest absolute Gasteiger partial charge is 0.344 e. The minimum absolute atomic E-state index is 0.138. The lowest BCUT2D eigenvalue weighted by atomic mass is 10.2. The summed E-state index contributed by atoms with van der Waals surface area (Å²) in [4.78, 5) is 11.9. The molecule has 1 aliphatic rings. The van der Waals surface area contributed by atoms with Crippen molar-refractivity contribution in [1.82, 2.24) is 14.8 Å². The van der Waals surface area contributed by atoms with Crippen LogP contribution in [0, 0.1) is 0 Å². The molecule has 2 aromatic rings. The van der Waals surface area contributed by atoms with E-state index in [2.05, 4.69) is 10.2 Å². The fraction of sp³-hybridized carbons (Fsp3) is 0.429. The maximum Gasteiger partial charge on any atom is 0.344 e. The van der Waals surface area contributed by atoms with Crippen LogP contribution in [0.4, 0.5) is 0 Å². The molecule has 3 rings (SSSR count). The van der Waals surface area contributed by atoms with Crippen LogP contribution in [0.2, 0.25) is 0 Å². The second-order valence-corrected chi connectivity index (χ2v) is 7.18. The number of aromatic amines is 1. The molecule has 2 heterocycles. The van der Waals surface area contributed by atoms with Gasteiger partial charge in [-0.1, -0.05) is 30.3 Å². The average molecular weight is 323 g/mol. The molecule has 1 aromatic carbocycles. The van der Waals surface area contributed by atoms with Gasteiger partial charge in [-0.05, 0) is 18.4 Å². The highest BCUT2D eigenvalue weighted by Crippen LogP contribution is 2.17. The number of hydrogen-bond donors (Lipinski definition) is 1. The first-order valence-corrected chi connectivity index (χ1v) is 8.75. The summed E-state index contributed by atoms with van der Waals surface area (Å²) < 4.78 is 31.7. The first-order chi connectivity index (χ1) is 10.6. The van der Waals surface area contributed by atoms with Crippen LogP contribution >= 0.6 is 0 Å². The van der Waals surface area contributed by atoms with Gasteiger partial charge in [-0.25, -0.2) is 18.3 Å². The van der Waals surface area contributed by atoms with Crippen LogP contribution in [0.25, 0.3) is 0 Å². The Bertz CT molecular complexity index is 789. The molecule has 1 atom stereocenters. The number of rotatable bonds is 5. The summed E-state index contributed by atoms with van der Waals surface area (Å²) in [6, 6.07) is 8.82. The Labute approximate surface area is 127 Å². The number of H-pyrrole nitrogens is 1. The van der Waals surface area contributed by atoms with Crippen molar-refractivity contribution >= 4 is 9.84 Å². The Morgan fingerprint density at radius 1 is 1.32 bits per heavy atom. The van der Waals surface area contributed by atoms with Crippen molar-refractivity contribution < 1.29 is 13.2 Å². The van der Waals surface area contributed by atoms with E-state index in [9.17, 15) is 13.2 Å². The van der Waals surface area contributed by atoms with Gasteiger partial charge in [-0.15, -0.1) is 5.10 Å². The lowest BCUT2D eigenvalue weighted by Crippen LogP contribution is -2.27. The van der Waals surface area contributed by atoms with Crippen LogP contribution in [-0.2, 0) is 26.9 Å². The van der Waals surface area contributed by atoms with E-state index in [0.717, 1.165) is 17.4 Å². The number of sulfone groups is 1. The third kappa shape index (κ3) is 3.12. The fourth-order valence-corrected chi connectivity index (χ4v) is 3.99. The maximum atomic E-state index is 12.5. The Hall–Kier alpha value is -1.93. The van der Waals surface area contributed by atoms with Gasteiger partial charge >= 0.3 is 5.69 Å². The van der Waals surface area contributed by atoms with Gasteiger partial charge in [0, 0.05) is 6.61 Å². The molecule has 0 unspecified atom stereocenters. The third-order valence-corrected chi connectivity index (χ3v) is 5.19.